The number of fused-ring (bicyclic) bond motifs is 1. The fourth-order valence-electron chi connectivity index (χ4n) is 2.03. The third-order valence-corrected chi connectivity index (χ3v) is 4.21. The van der Waals surface area contributed by atoms with Crippen molar-refractivity contribution in [2.75, 3.05) is 5.32 Å². The van der Waals surface area contributed by atoms with Gasteiger partial charge in [-0.1, -0.05) is 23.7 Å². The zero-order chi connectivity index (χ0) is 14.8. The van der Waals surface area contributed by atoms with E-state index in [0.29, 0.717) is 28.3 Å². The SMILES string of the molecule is O=c1[nH]c(CNc2ccccc2I)nc2cc(Cl)ccc12. The molecule has 2 N–H and O–H groups in total. The molecule has 106 valence electrons. The first-order valence-corrected chi connectivity index (χ1v) is 7.76. The van der Waals surface area contributed by atoms with Crippen LogP contribution in [-0.2, 0) is 6.54 Å². The molecule has 21 heavy (non-hydrogen) atoms. The highest BCUT2D eigenvalue weighted by Gasteiger charge is 2.05. The fourth-order valence-corrected chi connectivity index (χ4v) is 2.77. The Morgan fingerprint density at radius 1 is 1.24 bits per heavy atom. The molecule has 0 aliphatic rings. The van der Waals surface area contributed by atoms with Gasteiger partial charge >= 0.3 is 0 Å². The van der Waals surface area contributed by atoms with Crippen LogP contribution in [0.25, 0.3) is 10.9 Å². The number of hydrogen-bond acceptors (Lipinski definition) is 3. The van der Waals surface area contributed by atoms with Gasteiger partial charge in [-0.2, -0.15) is 0 Å². The molecule has 0 bridgehead atoms. The highest BCUT2D eigenvalue weighted by Crippen LogP contribution is 2.18. The lowest BCUT2D eigenvalue weighted by atomic mass is 10.2. The molecule has 0 saturated carbocycles. The molecule has 0 aliphatic carbocycles. The van der Waals surface area contributed by atoms with Crippen molar-refractivity contribution < 1.29 is 0 Å². The molecule has 0 spiro atoms. The van der Waals surface area contributed by atoms with E-state index in [1.165, 1.54) is 0 Å². The smallest absolute Gasteiger partial charge is 0.258 e. The van der Waals surface area contributed by atoms with Crippen molar-refractivity contribution in [3.63, 3.8) is 0 Å². The van der Waals surface area contributed by atoms with Gasteiger partial charge in [0, 0.05) is 14.3 Å². The molecule has 0 amide bonds. The maximum Gasteiger partial charge on any atom is 0.258 e. The Kier molecular flexibility index (Phi) is 4.12. The van der Waals surface area contributed by atoms with E-state index in [-0.39, 0.29) is 5.56 Å². The van der Waals surface area contributed by atoms with E-state index in [1.54, 1.807) is 18.2 Å². The molecule has 6 heteroatoms. The lowest BCUT2D eigenvalue weighted by molar-refractivity contribution is 0.952. The Morgan fingerprint density at radius 3 is 2.86 bits per heavy atom. The third kappa shape index (κ3) is 3.19. The van der Waals surface area contributed by atoms with E-state index in [9.17, 15) is 4.79 Å². The first kappa shape index (κ1) is 14.3. The zero-order valence-electron chi connectivity index (χ0n) is 10.9. The van der Waals surface area contributed by atoms with Crippen LogP contribution in [0.5, 0.6) is 0 Å². The van der Waals surface area contributed by atoms with Gasteiger partial charge in [-0.25, -0.2) is 4.98 Å². The summed E-state index contributed by atoms with van der Waals surface area (Å²) in [4.78, 5) is 19.2. The topological polar surface area (TPSA) is 57.8 Å². The minimum atomic E-state index is -0.156. The Hall–Kier alpha value is -1.60. The van der Waals surface area contributed by atoms with Gasteiger partial charge in [-0.15, -0.1) is 0 Å². The molecule has 0 radical (unpaired) electrons. The van der Waals surface area contributed by atoms with E-state index >= 15 is 0 Å². The quantitative estimate of drug-likeness (QED) is 0.645. The molecule has 1 aromatic heterocycles. The monoisotopic (exact) mass is 411 g/mol. The van der Waals surface area contributed by atoms with Crippen LogP contribution < -0.4 is 10.9 Å². The Labute approximate surface area is 139 Å². The van der Waals surface area contributed by atoms with E-state index in [2.05, 4.69) is 37.9 Å². The van der Waals surface area contributed by atoms with Crippen LogP contribution >= 0.6 is 34.2 Å². The molecule has 1 heterocycles. The van der Waals surface area contributed by atoms with E-state index in [4.69, 9.17) is 11.6 Å². The van der Waals surface area contributed by atoms with Gasteiger partial charge in [0.15, 0.2) is 0 Å². The largest absolute Gasteiger partial charge is 0.377 e. The molecule has 4 nitrogen and oxygen atoms in total. The average molecular weight is 412 g/mol. The lowest BCUT2D eigenvalue weighted by Gasteiger charge is -2.08. The van der Waals surface area contributed by atoms with Crippen LogP contribution in [0.4, 0.5) is 5.69 Å². The predicted octanol–water partition coefficient (Wildman–Crippen LogP) is 3.79. The summed E-state index contributed by atoms with van der Waals surface area (Å²) in [5.74, 6) is 0.578. The number of para-hydroxylation sites is 1. The highest BCUT2D eigenvalue weighted by atomic mass is 127. The maximum absolute atomic E-state index is 12.0. The summed E-state index contributed by atoms with van der Waals surface area (Å²) in [6.45, 7) is 0.442. The third-order valence-electron chi connectivity index (χ3n) is 3.04. The molecule has 0 saturated heterocycles. The number of halogens is 2. The van der Waals surface area contributed by atoms with Gasteiger partial charge in [0.05, 0.1) is 17.4 Å². The van der Waals surface area contributed by atoms with Crippen LogP contribution in [0, 0.1) is 3.57 Å². The fraction of sp³-hybridized carbons (Fsp3) is 0.0667. The number of aromatic nitrogens is 2. The Bertz CT molecular complexity index is 863. The second kappa shape index (κ2) is 6.03. The summed E-state index contributed by atoms with van der Waals surface area (Å²) in [5.41, 5.74) is 1.45. The van der Waals surface area contributed by atoms with E-state index in [1.807, 2.05) is 24.3 Å². The second-order valence-electron chi connectivity index (χ2n) is 4.51. The molecular weight excluding hydrogens is 401 g/mol. The number of nitrogens with zero attached hydrogens (tertiary/aromatic N) is 1. The molecule has 0 unspecified atom stereocenters. The van der Waals surface area contributed by atoms with Crippen molar-refractivity contribution in [3.8, 4) is 0 Å². The maximum atomic E-state index is 12.0. The number of H-pyrrole nitrogens is 1. The molecule has 3 aromatic rings. The van der Waals surface area contributed by atoms with Crippen molar-refractivity contribution in [1.29, 1.82) is 0 Å². The van der Waals surface area contributed by atoms with E-state index < -0.39 is 0 Å². The molecule has 0 aliphatic heterocycles. The van der Waals surface area contributed by atoms with Gasteiger partial charge in [0.25, 0.3) is 5.56 Å². The average Bonchev–Trinajstić information content (AvgIpc) is 2.46. The normalized spacial score (nSPS) is 10.8. The summed E-state index contributed by atoms with van der Waals surface area (Å²) in [6.07, 6.45) is 0. The number of hydrogen-bond donors (Lipinski definition) is 2. The van der Waals surface area contributed by atoms with Gasteiger partial charge in [-0.05, 0) is 52.9 Å². The van der Waals surface area contributed by atoms with Crippen LogP contribution in [0.2, 0.25) is 5.02 Å². The van der Waals surface area contributed by atoms with Crippen molar-refractivity contribution in [2.24, 2.45) is 0 Å². The van der Waals surface area contributed by atoms with Gasteiger partial charge < -0.3 is 10.3 Å². The van der Waals surface area contributed by atoms with Crippen molar-refractivity contribution in [3.05, 3.63) is 67.2 Å². The minimum absolute atomic E-state index is 0.156. The number of rotatable bonds is 3. The van der Waals surface area contributed by atoms with E-state index in [0.717, 1.165) is 9.26 Å². The zero-order valence-corrected chi connectivity index (χ0v) is 13.8. The summed E-state index contributed by atoms with van der Waals surface area (Å²) in [7, 11) is 0. The van der Waals surface area contributed by atoms with Gasteiger partial charge in [-0.3, -0.25) is 4.79 Å². The summed E-state index contributed by atoms with van der Waals surface area (Å²) in [5, 5.41) is 4.37. The Balaban J connectivity index is 1.91. The summed E-state index contributed by atoms with van der Waals surface area (Å²) >= 11 is 8.20. The molecule has 0 atom stereocenters. The van der Waals surface area contributed by atoms with Gasteiger partial charge in [0.2, 0.25) is 0 Å². The standard InChI is InChI=1S/C15H11ClIN3O/c16-9-5-6-10-13(7-9)19-14(20-15(10)21)8-18-12-4-2-1-3-11(12)17/h1-7,18H,8H2,(H,19,20,21). The Morgan fingerprint density at radius 2 is 2.05 bits per heavy atom. The number of benzene rings is 2. The number of anilines is 1. The second-order valence-corrected chi connectivity index (χ2v) is 6.11. The first-order chi connectivity index (χ1) is 10.1. The van der Waals surface area contributed by atoms with Gasteiger partial charge in [0.1, 0.15) is 5.82 Å². The molecule has 0 fully saturated rings. The number of nitrogens with one attached hydrogen (secondary N) is 2. The van der Waals surface area contributed by atoms with Crippen LogP contribution in [0.1, 0.15) is 5.82 Å². The van der Waals surface area contributed by atoms with Crippen molar-refractivity contribution >= 4 is 50.8 Å². The summed E-state index contributed by atoms with van der Waals surface area (Å²) < 4.78 is 1.11. The molecule has 2 aromatic carbocycles. The first-order valence-electron chi connectivity index (χ1n) is 6.30. The minimum Gasteiger partial charge on any atom is -0.377 e. The molecule has 3 rings (SSSR count). The van der Waals surface area contributed by atoms with Crippen LogP contribution in [-0.4, -0.2) is 9.97 Å². The molecular formula is C15H11ClIN3O. The predicted molar refractivity (Wildman–Crippen MR) is 93.9 cm³/mol. The highest BCUT2D eigenvalue weighted by molar-refractivity contribution is 14.1. The summed E-state index contributed by atoms with van der Waals surface area (Å²) in [6, 6.07) is 13.0. The number of aromatic amines is 1. The van der Waals surface area contributed by atoms with Crippen molar-refractivity contribution in [2.45, 2.75) is 6.54 Å². The van der Waals surface area contributed by atoms with Crippen LogP contribution in [0.15, 0.2) is 47.3 Å². The van der Waals surface area contributed by atoms with Crippen molar-refractivity contribution in [1.82, 2.24) is 9.97 Å². The lowest BCUT2D eigenvalue weighted by Crippen LogP contribution is -2.14. The van der Waals surface area contributed by atoms with Crippen LogP contribution in [0.3, 0.4) is 0 Å².